The van der Waals surface area contributed by atoms with Gasteiger partial charge in [0.25, 0.3) is 0 Å². The Balaban J connectivity index is 2.13. The monoisotopic (exact) mass is 174 g/mol. The van der Waals surface area contributed by atoms with E-state index in [9.17, 15) is 4.79 Å². The Labute approximate surface area is 71.7 Å². The van der Waals surface area contributed by atoms with Gasteiger partial charge in [-0.25, -0.2) is 0 Å². The average molecular weight is 174 g/mol. The number of carbonyl (C=O) groups excluding carboxylic acids is 1. The van der Waals surface area contributed by atoms with E-state index >= 15 is 0 Å². The Kier molecular flexibility index (Phi) is 3.77. The van der Waals surface area contributed by atoms with Crippen LogP contribution in [-0.4, -0.2) is 24.1 Å². The minimum atomic E-state index is -0.0515. The summed E-state index contributed by atoms with van der Waals surface area (Å²) in [5, 5.41) is 0. The molecule has 0 amide bonds. The predicted molar refractivity (Wildman–Crippen MR) is 46.7 cm³/mol. The third-order valence-corrected chi connectivity index (χ3v) is 2.39. The van der Waals surface area contributed by atoms with Crippen molar-refractivity contribution in [2.45, 2.75) is 31.8 Å². The van der Waals surface area contributed by atoms with Gasteiger partial charge in [-0.1, -0.05) is 0 Å². The maximum atomic E-state index is 11.0. The van der Waals surface area contributed by atoms with Crippen LogP contribution in [0.3, 0.4) is 0 Å². The predicted octanol–water partition coefficient (Wildman–Crippen LogP) is 1.84. The second-order valence-electron chi connectivity index (χ2n) is 2.83. The maximum absolute atomic E-state index is 11.0. The third-order valence-electron chi connectivity index (χ3n) is 1.86. The van der Waals surface area contributed by atoms with Crippen LogP contribution in [-0.2, 0) is 9.53 Å². The molecule has 0 aliphatic heterocycles. The van der Waals surface area contributed by atoms with Gasteiger partial charge in [0, 0.05) is 0 Å². The van der Waals surface area contributed by atoms with Crippen molar-refractivity contribution in [3.63, 3.8) is 0 Å². The van der Waals surface area contributed by atoms with E-state index in [4.69, 9.17) is 4.74 Å². The molecule has 0 heterocycles. The minimum absolute atomic E-state index is 0.0515. The van der Waals surface area contributed by atoms with Crippen molar-refractivity contribution in [3.8, 4) is 0 Å². The topological polar surface area (TPSA) is 26.3 Å². The van der Waals surface area contributed by atoms with Crippen molar-refractivity contribution < 1.29 is 9.53 Å². The largest absolute Gasteiger partial charge is 0.462 e. The summed E-state index contributed by atoms with van der Waals surface area (Å²) in [6.07, 6.45) is 6.72. The lowest BCUT2D eigenvalue weighted by Crippen LogP contribution is -2.15. The number of rotatable bonds is 3. The fraction of sp³-hybridized carbons (Fsp3) is 0.875. The number of hydrogen-bond donors (Lipinski definition) is 0. The van der Waals surface area contributed by atoms with Gasteiger partial charge >= 0.3 is 5.97 Å². The maximum Gasteiger partial charge on any atom is 0.316 e. The van der Waals surface area contributed by atoms with Crippen LogP contribution in [0.15, 0.2) is 0 Å². The first-order valence-electron chi connectivity index (χ1n) is 4.01. The van der Waals surface area contributed by atoms with Crippen LogP contribution in [0.2, 0.25) is 0 Å². The number of hydrogen-bond acceptors (Lipinski definition) is 3. The number of carbonyl (C=O) groups is 1. The smallest absolute Gasteiger partial charge is 0.316 e. The molecule has 0 spiro atoms. The molecule has 1 rings (SSSR count). The molecular weight excluding hydrogens is 160 g/mol. The molecule has 64 valence electrons. The molecule has 0 saturated heterocycles. The van der Waals surface area contributed by atoms with E-state index in [1.165, 1.54) is 24.6 Å². The highest BCUT2D eigenvalue weighted by Crippen LogP contribution is 2.21. The number of thioether (sulfide) groups is 1. The molecular formula is C8H14O2S. The van der Waals surface area contributed by atoms with Crippen LogP contribution in [0.1, 0.15) is 25.7 Å². The van der Waals surface area contributed by atoms with Crippen molar-refractivity contribution in [1.29, 1.82) is 0 Å². The van der Waals surface area contributed by atoms with Gasteiger partial charge < -0.3 is 4.74 Å². The van der Waals surface area contributed by atoms with Crippen LogP contribution in [0, 0.1) is 0 Å². The molecule has 1 aliphatic carbocycles. The summed E-state index contributed by atoms with van der Waals surface area (Å²) in [6, 6.07) is 0. The second-order valence-corrected chi connectivity index (χ2v) is 3.70. The van der Waals surface area contributed by atoms with Crippen molar-refractivity contribution >= 4 is 17.7 Å². The zero-order valence-electron chi connectivity index (χ0n) is 6.84. The van der Waals surface area contributed by atoms with Gasteiger partial charge in [0.1, 0.15) is 6.10 Å². The van der Waals surface area contributed by atoms with Crippen LogP contribution >= 0.6 is 11.8 Å². The second kappa shape index (κ2) is 4.65. The zero-order chi connectivity index (χ0) is 8.10. The van der Waals surface area contributed by atoms with Crippen molar-refractivity contribution in [3.05, 3.63) is 0 Å². The highest BCUT2D eigenvalue weighted by Gasteiger charge is 2.18. The zero-order valence-corrected chi connectivity index (χ0v) is 7.65. The highest BCUT2D eigenvalue weighted by molar-refractivity contribution is 7.99. The van der Waals surface area contributed by atoms with Crippen LogP contribution in [0.25, 0.3) is 0 Å². The molecule has 0 unspecified atom stereocenters. The van der Waals surface area contributed by atoms with Crippen LogP contribution in [0.4, 0.5) is 0 Å². The fourth-order valence-corrected chi connectivity index (χ4v) is 1.65. The molecule has 2 nitrogen and oxygen atoms in total. The van der Waals surface area contributed by atoms with E-state index in [0.717, 1.165) is 12.8 Å². The van der Waals surface area contributed by atoms with Gasteiger partial charge in [-0.2, -0.15) is 11.8 Å². The lowest BCUT2D eigenvalue weighted by molar-refractivity contribution is -0.145. The molecule has 1 saturated carbocycles. The fourth-order valence-electron chi connectivity index (χ4n) is 1.34. The Hall–Kier alpha value is -0.180. The molecule has 0 aromatic rings. The minimum Gasteiger partial charge on any atom is -0.462 e. The first-order chi connectivity index (χ1) is 5.33. The molecule has 3 heteroatoms. The van der Waals surface area contributed by atoms with Gasteiger partial charge in [-0.3, -0.25) is 4.79 Å². The third kappa shape index (κ3) is 3.14. The van der Waals surface area contributed by atoms with E-state index in [2.05, 4.69) is 0 Å². The Morgan fingerprint density at radius 3 is 2.73 bits per heavy atom. The summed E-state index contributed by atoms with van der Waals surface area (Å²) in [6.45, 7) is 0. The quantitative estimate of drug-likeness (QED) is 0.611. The highest BCUT2D eigenvalue weighted by atomic mass is 32.2. The van der Waals surface area contributed by atoms with Crippen molar-refractivity contribution in [2.24, 2.45) is 0 Å². The number of ether oxygens (including phenoxy) is 1. The first kappa shape index (κ1) is 8.91. The van der Waals surface area contributed by atoms with E-state index in [1.807, 2.05) is 6.26 Å². The Bertz CT molecular complexity index is 130. The standard InChI is InChI=1S/C8H14O2S/c1-11-6-8(9)10-7-4-2-3-5-7/h7H,2-6H2,1H3. The molecule has 0 radical (unpaired) electrons. The van der Waals surface area contributed by atoms with Gasteiger partial charge in [-0.05, 0) is 31.9 Å². The summed E-state index contributed by atoms with van der Waals surface area (Å²) in [7, 11) is 0. The van der Waals surface area contributed by atoms with E-state index in [-0.39, 0.29) is 12.1 Å². The SMILES string of the molecule is CSCC(=O)OC1CCCC1. The van der Waals surface area contributed by atoms with Crippen molar-refractivity contribution in [2.75, 3.05) is 12.0 Å². The first-order valence-corrected chi connectivity index (χ1v) is 5.40. The van der Waals surface area contributed by atoms with Crippen LogP contribution < -0.4 is 0 Å². The molecule has 0 atom stereocenters. The van der Waals surface area contributed by atoms with Gasteiger partial charge in [-0.15, -0.1) is 0 Å². The molecule has 1 fully saturated rings. The summed E-state index contributed by atoms with van der Waals surface area (Å²) in [5.74, 6) is 0.445. The van der Waals surface area contributed by atoms with Gasteiger partial charge in [0.05, 0.1) is 5.75 Å². The molecule has 0 aromatic carbocycles. The normalized spacial score (nSPS) is 18.6. The Morgan fingerprint density at radius 2 is 2.18 bits per heavy atom. The molecule has 11 heavy (non-hydrogen) atoms. The average Bonchev–Trinajstić information content (AvgIpc) is 2.40. The lowest BCUT2D eigenvalue weighted by atomic mass is 10.3. The van der Waals surface area contributed by atoms with E-state index < -0.39 is 0 Å². The lowest BCUT2D eigenvalue weighted by Gasteiger charge is -2.09. The molecule has 0 N–H and O–H groups in total. The van der Waals surface area contributed by atoms with Crippen molar-refractivity contribution in [1.82, 2.24) is 0 Å². The summed E-state index contributed by atoms with van der Waals surface area (Å²) in [4.78, 5) is 11.0. The number of esters is 1. The summed E-state index contributed by atoms with van der Waals surface area (Å²) in [5.41, 5.74) is 0. The molecule has 0 bridgehead atoms. The van der Waals surface area contributed by atoms with Crippen LogP contribution in [0.5, 0.6) is 0 Å². The van der Waals surface area contributed by atoms with E-state index in [1.54, 1.807) is 0 Å². The summed E-state index contributed by atoms with van der Waals surface area (Å²) >= 11 is 1.52. The Morgan fingerprint density at radius 1 is 1.55 bits per heavy atom. The van der Waals surface area contributed by atoms with Gasteiger partial charge in [0.2, 0.25) is 0 Å². The molecule has 0 aromatic heterocycles. The van der Waals surface area contributed by atoms with Gasteiger partial charge in [0.15, 0.2) is 0 Å². The summed E-state index contributed by atoms with van der Waals surface area (Å²) < 4.78 is 5.19. The van der Waals surface area contributed by atoms with E-state index in [0.29, 0.717) is 5.75 Å². The molecule has 1 aliphatic rings.